The van der Waals surface area contributed by atoms with Gasteiger partial charge in [0.25, 0.3) is 0 Å². The largest absolute Gasteiger partial charge is 0.466 e. The van der Waals surface area contributed by atoms with Crippen LogP contribution in [0.4, 0.5) is 0 Å². The van der Waals surface area contributed by atoms with Gasteiger partial charge in [-0.25, -0.2) is 0 Å². The summed E-state index contributed by atoms with van der Waals surface area (Å²) in [5.41, 5.74) is 0. The van der Waals surface area contributed by atoms with E-state index in [-0.39, 0.29) is 5.97 Å². The van der Waals surface area contributed by atoms with Gasteiger partial charge in [-0.15, -0.1) is 0 Å². The van der Waals surface area contributed by atoms with E-state index in [9.17, 15) is 4.79 Å². The first kappa shape index (κ1) is 25.2. The molecule has 0 radical (unpaired) electrons. The SMILES string of the molecule is CCCCCCCCCCC=CCCCCCCCC(=O)OCCCC. The van der Waals surface area contributed by atoms with Crippen molar-refractivity contribution in [3.05, 3.63) is 12.2 Å². The van der Waals surface area contributed by atoms with Gasteiger partial charge in [0.2, 0.25) is 0 Å². The number of ether oxygens (including phenoxy) is 1. The molecule has 0 rings (SSSR count). The molecule has 0 atom stereocenters. The van der Waals surface area contributed by atoms with Crippen molar-refractivity contribution in [1.29, 1.82) is 0 Å². The number of unbranched alkanes of at least 4 members (excludes halogenated alkanes) is 14. The molecule has 0 bridgehead atoms. The van der Waals surface area contributed by atoms with Gasteiger partial charge in [0.05, 0.1) is 6.61 Å². The maximum atomic E-state index is 11.4. The lowest BCUT2D eigenvalue weighted by Gasteiger charge is -2.03. The quantitative estimate of drug-likeness (QED) is 0.123. The number of hydrogen-bond acceptors (Lipinski definition) is 2. The summed E-state index contributed by atoms with van der Waals surface area (Å²) < 4.78 is 5.16. The number of rotatable bonds is 20. The molecule has 0 amide bonds. The number of carbonyl (C=O) groups is 1. The Hall–Kier alpha value is -0.790. The van der Waals surface area contributed by atoms with Crippen LogP contribution in [0.1, 0.15) is 129 Å². The molecule has 2 heteroatoms. The predicted molar refractivity (Wildman–Crippen MR) is 115 cm³/mol. The Morgan fingerprint density at radius 2 is 1.08 bits per heavy atom. The fourth-order valence-electron chi connectivity index (χ4n) is 3.10. The predicted octanol–water partition coefficient (Wildman–Crippen LogP) is 8.15. The minimum atomic E-state index is -0.0117. The van der Waals surface area contributed by atoms with E-state index in [0.29, 0.717) is 13.0 Å². The molecule has 0 aliphatic heterocycles. The van der Waals surface area contributed by atoms with E-state index in [0.717, 1.165) is 25.7 Å². The Morgan fingerprint density at radius 3 is 1.62 bits per heavy atom. The van der Waals surface area contributed by atoms with Crippen LogP contribution in [-0.2, 0) is 9.53 Å². The average Bonchev–Trinajstić information content (AvgIpc) is 2.64. The smallest absolute Gasteiger partial charge is 0.305 e. The summed E-state index contributed by atoms with van der Waals surface area (Å²) in [4.78, 5) is 11.4. The van der Waals surface area contributed by atoms with Gasteiger partial charge in [-0.05, 0) is 38.5 Å². The Labute approximate surface area is 164 Å². The average molecular weight is 367 g/mol. The summed E-state index contributed by atoms with van der Waals surface area (Å²) in [7, 11) is 0. The van der Waals surface area contributed by atoms with E-state index in [1.807, 2.05) is 0 Å². The molecule has 0 saturated heterocycles. The van der Waals surface area contributed by atoms with Crippen molar-refractivity contribution in [3.63, 3.8) is 0 Å². The van der Waals surface area contributed by atoms with Gasteiger partial charge < -0.3 is 4.74 Å². The van der Waals surface area contributed by atoms with Crippen LogP contribution in [0.15, 0.2) is 12.2 Å². The van der Waals surface area contributed by atoms with Crippen LogP contribution in [0.25, 0.3) is 0 Å². The summed E-state index contributed by atoms with van der Waals surface area (Å²) >= 11 is 0. The zero-order valence-corrected chi connectivity index (χ0v) is 17.9. The minimum absolute atomic E-state index is 0.0117. The van der Waals surface area contributed by atoms with E-state index < -0.39 is 0 Å². The second-order valence-electron chi connectivity index (χ2n) is 7.62. The van der Waals surface area contributed by atoms with Gasteiger partial charge in [-0.1, -0.05) is 96.6 Å². The fourth-order valence-corrected chi connectivity index (χ4v) is 3.10. The molecule has 154 valence electrons. The van der Waals surface area contributed by atoms with E-state index in [1.165, 1.54) is 83.5 Å². The highest BCUT2D eigenvalue weighted by Gasteiger charge is 2.01. The monoisotopic (exact) mass is 366 g/mol. The molecule has 0 unspecified atom stereocenters. The number of allylic oxidation sites excluding steroid dienone is 2. The summed E-state index contributed by atoms with van der Waals surface area (Å²) in [6.07, 6.45) is 27.1. The molecular formula is C24H46O2. The first-order valence-electron chi connectivity index (χ1n) is 11.6. The van der Waals surface area contributed by atoms with Crippen molar-refractivity contribution in [3.8, 4) is 0 Å². The van der Waals surface area contributed by atoms with Crippen molar-refractivity contribution in [2.45, 2.75) is 129 Å². The first-order chi connectivity index (χ1) is 12.8. The normalized spacial score (nSPS) is 11.3. The second kappa shape index (κ2) is 22.3. The Morgan fingerprint density at radius 1 is 0.615 bits per heavy atom. The highest BCUT2D eigenvalue weighted by Crippen LogP contribution is 2.11. The Balaban J connectivity index is 3.16. The summed E-state index contributed by atoms with van der Waals surface area (Å²) in [6, 6.07) is 0. The summed E-state index contributed by atoms with van der Waals surface area (Å²) in [5, 5.41) is 0. The minimum Gasteiger partial charge on any atom is -0.466 e. The van der Waals surface area contributed by atoms with Crippen molar-refractivity contribution < 1.29 is 9.53 Å². The first-order valence-corrected chi connectivity index (χ1v) is 11.6. The van der Waals surface area contributed by atoms with Crippen LogP contribution < -0.4 is 0 Å². The zero-order chi connectivity index (χ0) is 19.1. The molecular weight excluding hydrogens is 320 g/mol. The maximum absolute atomic E-state index is 11.4. The van der Waals surface area contributed by atoms with Crippen molar-refractivity contribution in [1.82, 2.24) is 0 Å². The molecule has 0 aliphatic rings. The molecule has 0 aliphatic carbocycles. The van der Waals surface area contributed by atoms with Crippen LogP contribution in [0.2, 0.25) is 0 Å². The van der Waals surface area contributed by atoms with Crippen LogP contribution in [0.3, 0.4) is 0 Å². The number of esters is 1. The standard InChI is InChI=1S/C24H46O2/c1-3-5-7-8-9-10-11-12-13-14-15-16-17-18-19-20-21-22-24(25)26-23-6-4-2/h14-15H,3-13,16-23H2,1-2H3. The van der Waals surface area contributed by atoms with E-state index >= 15 is 0 Å². The highest BCUT2D eigenvalue weighted by molar-refractivity contribution is 5.69. The molecule has 26 heavy (non-hydrogen) atoms. The van der Waals surface area contributed by atoms with Crippen molar-refractivity contribution >= 4 is 5.97 Å². The van der Waals surface area contributed by atoms with Crippen molar-refractivity contribution in [2.75, 3.05) is 6.61 Å². The third kappa shape index (κ3) is 21.3. The second-order valence-corrected chi connectivity index (χ2v) is 7.62. The lowest BCUT2D eigenvalue weighted by Crippen LogP contribution is -2.05. The molecule has 0 saturated carbocycles. The lowest BCUT2D eigenvalue weighted by atomic mass is 10.1. The van der Waals surface area contributed by atoms with Gasteiger partial charge in [-0.3, -0.25) is 4.79 Å². The molecule has 0 fully saturated rings. The van der Waals surface area contributed by atoms with E-state index in [2.05, 4.69) is 26.0 Å². The lowest BCUT2D eigenvalue weighted by molar-refractivity contribution is -0.143. The molecule has 0 heterocycles. The molecule has 0 N–H and O–H groups in total. The van der Waals surface area contributed by atoms with E-state index in [4.69, 9.17) is 4.74 Å². The summed E-state index contributed by atoms with van der Waals surface area (Å²) in [5.74, 6) is -0.0117. The van der Waals surface area contributed by atoms with E-state index in [1.54, 1.807) is 0 Å². The number of carbonyl (C=O) groups excluding carboxylic acids is 1. The molecule has 0 aromatic carbocycles. The van der Waals surface area contributed by atoms with Crippen LogP contribution >= 0.6 is 0 Å². The highest BCUT2D eigenvalue weighted by atomic mass is 16.5. The van der Waals surface area contributed by atoms with Crippen molar-refractivity contribution in [2.24, 2.45) is 0 Å². The maximum Gasteiger partial charge on any atom is 0.305 e. The number of hydrogen-bond donors (Lipinski definition) is 0. The topological polar surface area (TPSA) is 26.3 Å². The Kier molecular flexibility index (Phi) is 21.6. The third-order valence-corrected chi connectivity index (χ3v) is 4.90. The third-order valence-electron chi connectivity index (χ3n) is 4.90. The fraction of sp³-hybridized carbons (Fsp3) is 0.875. The molecule has 2 nitrogen and oxygen atoms in total. The van der Waals surface area contributed by atoms with Crippen LogP contribution in [-0.4, -0.2) is 12.6 Å². The van der Waals surface area contributed by atoms with Gasteiger partial charge in [0.1, 0.15) is 0 Å². The molecule has 0 aromatic heterocycles. The Bertz CT molecular complexity index is 309. The zero-order valence-electron chi connectivity index (χ0n) is 17.9. The molecule has 0 spiro atoms. The van der Waals surface area contributed by atoms with Gasteiger partial charge >= 0.3 is 5.97 Å². The van der Waals surface area contributed by atoms with Gasteiger partial charge in [0, 0.05) is 6.42 Å². The van der Waals surface area contributed by atoms with Crippen LogP contribution in [0, 0.1) is 0 Å². The molecule has 0 aromatic rings. The van der Waals surface area contributed by atoms with Gasteiger partial charge in [0.15, 0.2) is 0 Å². The summed E-state index contributed by atoms with van der Waals surface area (Å²) in [6.45, 7) is 4.99. The van der Waals surface area contributed by atoms with Gasteiger partial charge in [-0.2, -0.15) is 0 Å². The van der Waals surface area contributed by atoms with Crippen LogP contribution in [0.5, 0.6) is 0 Å².